The highest BCUT2D eigenvalue weighted by Crippen LogP contribution is 2.22. The number of carbonyl (C=O) groups is 1. The smallest absolute Gasteiger partial charge is 0.167 e. The molecule has 21 heavy (non-hydrogen) atoms. The molecule has 0 saturated heterocycles. The van der Waals surface area contributed by atoms with Gasteiger partial charge in [0.1, 0.15) is 5.82 Å². The second-order valence-electron chi connectivity index (χ2n) is 4.86. The summed E-state index contributed by atoms with van der Waals surface area (Å²) in [7, 11) is 0. The lowest BCUT2D eigenvalue weighted by atomic mass is 9.97. The number of ketones is 1. The molecule has 0 aliphatic rings. The number of halogens is 2. The van der Waals surface area contributed by atoms with Crippen molar-refractivity contribution < 1.29 is 9.18 Å². The summed E-state index contributed by atoms with van der Waals surface area (Å²) in [6.45, 7) is 0. The van der Waals surface area contributed by atoms with E-state index in [0.717, 1.165) is 15.2 Å². The normalized spacial score (nSPS) is 10.8. The topological polar surface area (TPSA) is 17.1 Å². The van der Waals surface area contributed by atoms with Gasteiger partial charge >= 0.3 is 0 Å². The predicted molar refractivity (Wildman–Crippen MR) is 86.1 cm³/mol. The highest BCUT2D eigenvalue weighted by Gasteiger charge is 2.13. The Morgan fingerprint density at radius 3 is 2.62 bits per heavy atom. The minimum absolute atomic E-state index is 0.0548. The van der Waals surface area contributed by atoms with Crippen molar-refractivity contribution >= 4 is 32.5 Å². The van der Waals surface area contributed by atoms with E-state index in [0.29, 0.717) is 11.1 Å². The predicted octanol–water partition coefficient (Wildman–Crippen LogP) is 5.17. The van der Waals surface area contributed by atoms with Crippen molar-refractivity contribution in [1.82, 2.24) is 0 Å². The first kappa shape index (κ1) is 14.0. The third-order valence-corrected chi connectivity index (χ3v) is 3.94. The van der Waals surface area contributed by atoms with Crippen LogP contribution in [-0.2, 0) is 6.42 Å². The van der Waals surface area contributed by atoms with Crippen LogP contribution in [0.15, 0.2) is 65.1 Å². The van der Waals surface area contributed by atoms with Gasteiger partial charge in [-0.2, -0.15) is 0 Å². The van der Waals surface area contributed by atoms with E-state index in [4.69, 9.17) is 0 Å². The van der Waals surface area contributed by atoms with Gasteiger partial charge < -0.3 is 0 Å². The molecule has 0 fully saturated rings. The molecule has 3 aromatic rings. The summed E-state index contributed by atoms with van der Waals surface area (Å²) >= 11 is 3.30. The van der Waals surface area contributed by atoms with Gasteiger partial charge in [-0.25, -0.2) is 4.39 Å². The van der Waals surface area contributed by atoms with Crippen LogP contribution in [0.4, 0.5) is 4.39 Å². The molecule has 0 N–H and O–H groups in total. The Labute approximate surface area is 130 Å². The summed E-state index contributed by atoms with van der Waals surface area (Å²) in [5, 5.41) is 1.92. The molecule has 0 bridgehead atoms. The first-order valence-corrected chi connectivity index (χ1v) is 7.39. The van der Waals surface area contributed by atoms with E-state index in [2.05, 4.69) is 15.9 Å². The number of fused-ring (bicyclic) bond motifs is 1. The van der Waals surface area contributed by atoms with Gasteiger partial charge in [0, 0.05) is 16.5 Å². The fourth-order valence-electron chi connectivity index (χ4n) is 2.42. The largest absolute Gasteiger partial charge is 0.294 e. The van der Waals surface area contributed by atoms with Crippen LogP contribution in [0.5, 0.6) is 0 Å². The summed E-state index contributed by atoms with van der Waals surface area (Å²) in [5.74, 6) is -0.435. The third-order valence-electron chi connectivity index (χ3n) is 3.45. The van der Waals surface area contributed by atoms with Crippen molar-refractivity contribution in [2.24, 2.45) is 0 Å². The Hall–Kier alpha value is -2.00. The van der Waals surface area contributed by atoms with E-state index in [1.807, 2.05) is 36.4 Å². The molecule has 3 aromatic carbocycles. The Bertz CT molecular complexity index is 821. The second-order valence-corrected chi connectivity index (χ2v) is 5.78. The van der Waals surface area contributed by atoms with Gasteiger partial charge in [-0.1, -0.05) is 58.4 Å². The first-order chi connectivity index (χ1) is 10.1. The third kappa shape index (κ3) is 2.88. The van der Waals surface area contributed by atoms with Gasteiger partial charge in [-0.05, 0) is 34.5 Å². The number of benzene rings is 3. The van der Waals surface area contributed by atoms with Crippen LogP contribution in [0.3, 0.4) is 0 Å². The Morgan fingerprint density at radius 1 is 1.00 bits per heavy atom. The van der Waals surface area contributed by atoms with Crippen LogP contribution in [0.25, 0.3) is 10.8 Å². The zero-order valence-corrected chi connectivity index (χ0v) is 12.7. The lowest BCUT2D eigenvalue weighted by molar-refractivity contribution is 0.0993. The van der Waals surface area contributed by atoms with Crippen LogP contribution in [0.2, 0.25) is 0 Å². The monoisotopic (exact) mass is 342 g/mol. The van der Waals surface area contributed by atoms with E-state index in [1.54, 1.807) is 18.2 Å². The molecule has 0 saturated carbocycles. The van der Waals surface area contributed by atoms with Gasteiger partial charge in [0.2, 0.25) is 0 Å². The van der Waals surface area contributed by atoms with E-state index in [1.165, 1.54) is 6.07 Å². The average Bonchev–Trinajstić information content (AvgIpc) is 2.50. The van der Waals surface area contributed by atoms with Crippen molar-refractivity contribution in [2.45, 2.75) is 6.42 Å². The molecule has 0 aromatic heterocycles. The fourth-order valence-corrected chi connectivity index (χ4v) is 2.82. The van der Waals surface area contributed by atoms with E-state index >= 15 is 0 Å². The number of hydrogen-bond acceptors (Lipinski definition) is 1. The molecule has 0 atom stereocenters. The molecular formula is C18H12BrFO. The average molecular weight is 343 g/mol. The molecule has 0 radical (unpaired) electrons. The summed E-state index contributed by atoms with van der Waals surface area (Å²) in [5.41, 5.74) is 1.04. The summed E-state index contributed by atoms with van der Waals surface area (Å²) < 4.78 is 14.6. The maximum absolute atomic E-state index is 13.8. The molecule has 0 aliphatic carbocycles. The number of rotatable bonds is 3. The minimum Gasteiger partial charge on any atom is -0.294 e. The van der Waals surface area contributed by atoms with Crippen molar-refractivity contribution in [2.75, 3.05) is 0 Å². The van der Waals surface area contributed by atoms with Gasteiger partial charge in [0.05, 0.1) is 0 Å². The number of Topliss-reactive ketones (excluding diaryl/α,β-unsaturated/α-hetero) is 1. The molecule has 104 valence electrons. The van der Waals surface area contributed by atoms with Crippen molar-refractivity contribution in [3.05, 3.63) is 82.1 Å². The SMILES string of the molecule is O=C(Cc1cc(Br)ccc1F)c1cccc2ccccc12. The lowest BCUT2D eigenvalue weighted by Gasteiger charge is -2.07. The Kier molecular flexibility index (Phi) is 3.84. The van der Waals surface area contributed by atoms with E-state index < -0.39 is 0 Å². The number of carbonyl (C=O) groups excluding carboxylic acids is 1. The standard InChI is InChI=1S/C18H12BrFO/c19-14-8-9-17(20)13(10-14)11-18(21)16-7-3-5-12-4-1-2-6-15(12)16/h1-10H,11H2. The van der Waals surface area contributed by atoms with E-state index in [-0.39, 0.29) is 18.0 Å². The van der Waals surface area contributed by atoms with Gasteiger partial charge in [0.15, 0.2) is 5.78 Å². The molecule has 0 amide bonds. The van der Waals surface area contributed by atoms with E-state index in [9.17, 15) is 9.18 Å². The van der Waals surface area contributed by atoms with Gasteiger partial charge in [-0.3, -0.25) is 4.79 Å². The van der Waals surface area contributed by atoms with Crippen LogP contribution in [0, 0.1) is 5.82 Å². The first-order valence-electron chi connectivity index (χ1n) is 6.60. The van der Waals surface area contributed by atoms with Crippen LogP contribution >= 0.6 is 15.9 Å². The van der Waals surface area contributed by atoms with Crippen LogP contribution in [-0.4, -0.2) is 5.78 Å². The summed E-state index contributed by atoms with van der Waals surface area (Å²) in [4.78, 5) is 12.5. The molecule has 3 rings (SSSR count). The van der Waals surface area contributed by atoms with Crippen molar-refractivity contribution in [3.8, 4) is 0 Å². The van der Waals surface area contributed by atoms with Gasteiger partial charge in [-0.15, -0.1) is 0 Å². The summed E-state index contributed by atoms with van der Waals surface area (Å²) in [6.07, 6.45) is 0.0548. The zero-order valence-electron chi connectivity index (χ0n) is 11.1. The second kappa shape index (κ2) is 5.78. The highest BCUT2D eigenvalue weighted by molar-refractivity contribution is 9.10. The Morgan fingerprint density at radius 2 is 1.76 bits per heavy atom. The fraction of sp³-hybridized carbons (Fsp3) is 0.0556. The maximum Gasteiger partial charge on any atom is 0.167 e. The molecule has 0 spiro atoms. The minimum atomic E-state index is -0.355. The molecule has 0 unspecified atom stereocenters. The molecular weight excluding hydrogens is 331 g/mol. The molecule has 3 heteroatoms. The zero-order chi connectivity index (χ0) is 14.8. The quantitative estimate of drug-likeness (QED) is 0.600. The molecule has 1 nitrogen and oxygen atoms in total. The highest BCUT2D eigenvalue weighted by atomic mass is 79.9. The van der Waals surface area contributed by atoms with Gasteiger partial charge in [0.25, 0.3) is 0 Å². The van der Waals surface area contributed by atoms with Crippen LogP contribution in [0.1, 0.15) is 15.9 Å². The molecule has 0 aliphatic heterocycles. The van der Waals surface area contributed by atoms with Crippen molar-refractivity contribution in [1.29, 1.82) is 0 Å². The van der Waals surface area contributed by atoms with Crippen molar-refractivity contribution in [3.63, 3.8) is 0 Å². The lowest BCUT2D eigenvalue weighted by Crippen LogP contribution is -2.06. The Balaban J connectivity index is 1.99. The summed E-state index contributed by atoms with van der Waals surface area (Å²) in [6, 6.07) is 18.0. The molecule has 0 heterocycles. The van der Waals surface area contributed by atoms with Crippen LogP contribution < -0.4 is 0 Å². The maximum atomic E-state index is 13.8. The number of hydrogen-bond donors (Lipinski definition) is 0.